The van der Waals surface area contributed by atoms with Gasteiger partial charge in [0.1, 0.15) is 26.4 Å². The standard InChI is InChI=1S/C18H14Cl4O6/c1-18(2,3)26-12(23)7-24-9-5-4-8(19)16(13(9)20)25-10-6-11-15(22)17(14(10)21)28-27-11/h4-6H,7H2,1-3H3. The van der Waals surface area contributed by atoms with E-state index in [1.54, 1.807) is 20.8 Å². The Morgan fingerprint density at radius 1 is 1.00 bits per heavy atom. The third-order valence-corrected chi connectivity index (χ3v) is 4.67. The van der Waals surface area contributed by atoms with Gasteiger partial charge in [-0.25, -0.2) is 4.79 Å². The number of hydrogen-bond acceptors (Lipinski definition) is 6. The minimum absolute atomic E-state index is 0.0475. The van der Waals surface area contributed by atoms with E-state index in [1.807, 2.05) is 0 Å². The van der Waals surface area contributed by atoms with Crippen molar-refractivity contribution in [2.45, 2.75) is 26.4 Å². The summed E-state index contributed by atoms with van der Waals surface area (Å²) in [4.78, 5) is 21.7. The van der Waals surface area contributed by atoms with Crippen LogP contribution >= 0.6 is 46.4 Å². The molecule has 0 saturated carbocycles. The van der Waals surface area contributed by atoms with Crippen LogP contribution in [0.4, 0.5) is 0 Å². The Kier molecular flexibility index (Phi) is 5.96. The molecule has 0 spiro atoms. The van der Waals surface area contributed by atoms with Crippen LogP contribution in [-0.4, -0.2) is 18.2 Å². The van der Waals surface area contributed by atoms with E-state index in [1.165, 1.54) is 18.2 Å². The first-order valence-electron chi connectivity index (χ1n) is 7.94. The minimum Gasteiger partial charge on any atom is -0.480 e. The zero-order valence-corrected chi connectivity index (χ0v) is 17.9. The van der Waals surface area contributed by atoms with Crippen LogP contribution in [0.3, 0.4) is 0 Å². The molecule has 1 heterocycles. The molecule has 0 fully saturated rings. The van der Waals surface area contributed by atoms with Crippen LogP contribution < -0.4 is 19.2 Å². The third-order valence-electron chi connectivity index (χ3n) is 3.30. The summed E-state index contributed by atoms with van der Waals surface area (Å²) in [6.45, 7) is 4.93. The largest absolute Gasteiger partial charge is 0.480 e. The van der Waals surface area contributed by atoms with Crippen LogP contribution in [-0.2, 0) is 9.53 Å². The van der Waals surface area contributed by atoms with Gasteiger partial charge in [0.15, 0.2) is 18.1 Å². The highest BCUT2D eigenvalue weighted by molar-refractivity contribution is 6.40. The first-order chi connectivity index (χ1) is 13.1. The molecule has 0 atom stereocenters. The van der Waals surface area contributed by atoms with Crippen molar-refractivity contribution in [3.63, 3.8) is 0 Å². The average molecular weight is 468 g/mol. The average Bonchev–Trinajstić information content (AvgIpc) is 2.85. The van der Waals surface area contributed by atoms with Gasteiger partial charge >= 0.3 is 5.97 Å². The number of halogens is 4. The molecule has 0 saturated heterocycles. The Labute approximate surface area is 181 Å². The summed E-state index contributed by atoms with van der Waals surface area (Å²) < 4.78 is 16.4. The minimum atomic E-state index is -0.629. The molecule has 150 valence electrons. The topological polar surface area (TPSA) is 63.2 Å². The molecular weight excluding hydrogens is 454 g/mol. The molecule has 3 rings (SSSR count). The molecule has 0 radical (unpaired) electrons. The molecule has 6 nitrogen and oxygen atoms in total. The highest BCUT2D eigenvalue weighted by Gasteiger charge is 2.28. The van der Waals surface area contributed by atoms with Crippen molar-refractivity contribution < 1.29 is 28.8 Å². The number of carbonyl (C=O) groups is 1. The SMILES string of the molecule is CC(C)(C)OC(=O)COc1ccc(Cl)c(Oc2cc3c(Cl)c(c2Cl)OO3)c1Cl. The quantitative estimate of drug-likeness (QED) is 0.369. The number of hydrogen-bond donors (Lipinski definition) is 0. The predicted octanol–water partition coefficient (Wildman–Crippen LogP) is 6.50. The van der Waals surface area contributed by atoms with E-state index < -0.39 is 11.6 Å². The van der Waals surface area contributed by atoms with E-state index in [0.29, 0.717) is 0 Å². The lowest BCUT2D eigenvalue weighted by Crippen LogP contribution is -2.27. The number of fused-ring (bicyclic) bond motifs is 2. The fraction of sp³-hybridized carbons (Fsp3) is 0.278. The van der Waals surface area contributed by atoms with E-state index >= 15 is 0 Å². The number of rotatable bonds is 5. The summed E-state index contributed by atoms with van der Waals surface area (Å²) in [5.74, 6) is 0.242. The molecule has 28 heavy (non-hydrogen) atoms. The van der Waals surface area contributed by atoms with Crippen LogP contribution in [0.25, 0.3) is 0 Å². The molecule has 0 aliphatic carbocycles. The van der Waals surface area contributed by atoms with Gasteiger partial charge in [-0.15, -0.1) is 0 Å². The van der Waals surface area contributed by atoms with Crippen LogP contribution in [0.5, 0.6) is 28.7 Å². The second kappa shape index (κ2) is 7.95. The Balaban J connectivity index is 1.82. The molecule has 2 aromatic carbocycles. The van der Waals surface area contributed by atoms with E-state index in [0.717, 1.165) is 0 Å². The highest BCUT2D eigenvalue weighted by atomic mass is 35.5. The number of carbonyl (C=O) groups excluding carboxylic acids is 1. The van der Waals surface area contributed by atoms with Crippen molar-refractivity contribution in [2.24, 2.45) is 0 Å². The normalized spacial score (nSPS) is 12.2. The first kappa shape index (κ1) is 21.0. The third kappa shape index (κ3) is 4.46. The maximum absolute atomic E-state index is 11.8. The van der Waals surface area contributed by atoms with Crippen molar-refractivity contribution in [3.8, 4) is 28.7 Å². The van der Waals surface area contributed by atoms with E-state index in [2.05, 4.69) is 0 Å². The number of esters is 1. The Bertz CT molecular complexity index is 939. The summed E-state index contributed by atoms with van der Waals surface area (Å²) in [6, 6.07) is 4.44. The maximum Gasteiger partial charge on any atom is 0.344 e. The fourth-order valence-electron chi connectivity index (χ4n) is 2.20. The molecule has 0 aromatic heterocycles. The Morgan fingerprint density at radius 2 is 1.71 bits per heavy atom. The van der Waals surface area contributed by atoms with Crippen LogP contribution in [0.15, 0.2) is 18.2 Å². The van der Waals surface area contributed by atoms with Gasteiger partial charge < -0.3 is 14.2 Å². The van der Waals surface area contributed by atoms with Crippen LogP contribution in [0.2, 0.25) is 20.1 Å². The van der Waals surface area contributed by atoms with Gasteiger partial charge in [0.25, 0.3) is 0 Å². The maximum atomic E-state index is 11.8. The summed E-state index contributed by atoms with van der Waals surface area (Å²) >= 11 is 24.8. The van der Waals surface area contributed by atoms with E-state index in [4.69, 9.17) is 70.4 Å². The van der Waals surface area contributed by atoms with Crippen LogP contribution in [0.1, 0.15) is 20.8 Å². The predicted molar refractivity (Wildman–Crippen MR) is 106 cm³/mol. The first-order valence-corrected chi connectivity index (χ1v) is 9.45. The van der Waals surface area contributed by atoms with Gasteiger partial charge in [0, 0.05) is 6.07 Å². The zero-order chi connectivity index (χ0) is 20.6. The second-order valence-electron chi connectivity index (χ2n) is 6.66. The molecule has 2 bridgehead atoms. The lowest BCUT2D eigenvalue weighted by Gasteiger charge is -2.20. The van der Waals surface area contributed by atoms with Crippen molar-refractivity contribution in [1.82, 2.24) is 0 Å². The van der Waals surface area contributed by atoms with Gasteiger partial charge in [-0.05, 0) is 32.9 Å². The zero-order valence-electron chi connectivity index (χ0n) is 14.9. The molecule has 1 aliphatic heterocycles. The lowest BCUT2D eigenvalue weighted by molar-refractivity contribution is -0.157. The molecule has 10 heteroatoms. The van der Waals surface area contributed by atoms with Gasteiger partial charge in [-0.1, -0.05) is 46.4 Å². The monoisotopic (exact) mass is 466 g/mol. The van der Waals surface area contributed by atoms with E-state index in [9.17, 15) is 4.79 Å². The lowest BCUT2D eigenvalue weighted by atomic mass is 10.2. The molecule has 0 amide bonds. The summed E-state index contributed by atoms with van der Waals surface area (Å²) in [5, 5.41) is 0.554. The van der Waals surface area contributed by atoms with Gasteiger partial charge in [-0.3, -0.25) is 9.78 Å². The molecule has 1 aliphatic rings. The van der Waals surface area contributed by atoms with Crippen molar-refractivity contribution in [2.75, 3.05) is 6.61 Å². The van der Waals surface area contributed by atoms with Crippen molar-refractivity contribution >= 4 is 52.4 Å². The molecular formula is C18H14Cl4O6. The van der Waals surface area contributed by atoms with Crippen molar-refractivity contribution in [3.05, 3.63) is 38.3 Å². The summed E-state index contributed by atoms with van der Waals surface area (Å²) in [7, 11) is 0. The van der Waals surface area contributed by atoms with Gasteiger partial charge in [-0.2, -0.15) is 0 Å². The van der Waals surface area contributed by atoms with Crippen LogP contribution in [0, 0.1) is 0 Å². The van der Waals surface area contributed by atoms with E-state index in [-0.39, 0.29) is 55.4 Å². The summed E-state index contributed by atoms with van der Waals surface area (Å²) in [5.41, 5.74) is -0.629. The molecule has 2 aromatic rings. The van der Waals surface area contributed by atoms with Crippen molar-refractivity contribution in [1.29, 1.82) is 0 Å². The van der Waals surface area contributed by atoms with Gasteiger partial charge in [0.2, 0.25) is 11.5 Å². The Morgan fingerprint density at radius 3 is 2.39 bits per heavy atom. The van der Waals surface area contributed by atoms with Gasteiger partial charge in [0.05, 0.1) is 5.02 Å². The Hall–Kier alpha value is -1.73. The second-order valence-corrected chi connectivity index (χ2v) is 8.20. The smallest absolute Gasteiger partial charge is 0.344 e. The number of benzene rings is 2. The fourth-order valence-corrected chi connectivity index (χ4v) is 3.18. The summed E-state index contributed by atoms with van der Waals surface area (Å²) in [6.07, 6.45) is 0. The number of ether oxygens (including phenoxy) is 3. The molecule has 0 unspecified atom stereocenters. The molecule has 0 N–H and O–H groups in total. The highest BCUT2D eigenvalue weighted by Crippen LogP contribution is 2.52.